The maximum atomic E-state index is 6.48. The van der Waals surface area contributed by atoms with Crippen molar-refractivity contribution in [2.75, 3.05) is 0 Å². The van der Waals surface area contributed by atoms with E-state index in [0.717, 1.165) is 61.0 Å². The van der Waals surface area contributed by atoms with Gasteiger partial charge in [-0.3, -0.25) is 13.8 Å². The first-order chi connectivity index (χ1) is 21.1. The molecule has 0 bridgehead atoms. The van der Waals surface area contributed by atoms with E-state index in [2.05, 4.69) is 81.7 Å². The molecule has 5 aromatic heterocycles. The van der Waals surface area contributed by atoms with Crippen molar-refractivity contribution in [3.05, 3.63) is 121 Å². The second-order valence-electron chi connectivity index (χ2n) is 11.0. The topological polar surface area (TPSA) is 69.6 Å². The second-order valence-corrected chi connectivity index (χ2v) is 11.0. The van der Waals surface area contributed by atoms with Gasteiger partial charge in [0.25, 0.3) is 0 Å². The fraction of sp³-hybridized carbons (Fsp3) is 0.0556. The number of fused-ring (bicyclic) bond motifs is 12. The molecule has 0 saturated carbocycles. The number of aryl methyl sites for hydroxylation is 2. The molecule has 0 saturated heterocycles. The number of rotatable bonds is 3. The van der Waals surface area contributed by atoms with Crippen molar-refractivity contribution in [2.24, 2.45) is 0 Å². The van der Waals surface area contributed by atoms with E-state index in [1.165, 1.54) is 27.6 Å². The summed E-state index contributed by atoms with van der Waals surface area (Å²) in [6, 6.07) is 25.5. The van der Waals surface area contributed by atoms with Gasteiger partial charge in [0.1, 0.15) is 28.3 Å². The number of aromatic nitrogens is 6. The Balaban J connectivity index is 1.21. The molecule has 0 fully saturated rings. The number of pyridine rings is 2. The molecule has 0 radical (unpaired) electrons. The summed E-state index contributed by atoms with van der Waals surface area (Å²) in [4.78, 5) is 18.5. The standard InChI is InChI=1S/C36H24N6O/c1-21-4-3-5-22(2)32(21)23-6-11-31-28(18-23)26-9-7-24(19-29(26)34-39-14-16-41(31)34)43-25-8-10-27-30(20-25)35-40-15-17-42(35)36-33(27)37-12-13-38-36/h3-20H,1-2H3. The summed E-state index contributed by atoms with van der Waals surface area (Å²) in [6.45, 7) is 4.35. The Bertz CT molecular complexity index is 2560. The summed E-state index contributed by atoms with van der Waals surface area (Å²) in [7, 11) is 0. The molecule has 0 aliphatic rings. The zero-order valence-corrected chi connectivity index (χ0v) is 23.5. The lowest BCUT2D eigenvalue weighted by atomic mass is 9.94. The molecule has 0 amide bonds. The largest absolute Gasteiger partial charge is 0.457 e. The minimum absolute atomic E-state index is 0.720. The van der Waals surface area contributed by atoms with Crippen molar-refractivity contribution >= 4 is 54.9 Å². The maximum Gasteiger partial charge on any atom is 0.165 e. The molecule has 0 atom stereocenters. The van der Waals surface area contributed by atoms with Crippen LogP contribution in [0.3, 0.4) is 0 Å². The Morgan fingerprint density at radius 2 is 1.19 bits per heavy atom. The zero-order chi connectivity index (χ0) is 28.7. The van der Waals surface area contributed by atoms with E-state index in [1.807, 2.05) is 47.3 Å². The minimum atomic E-state index is 0.720. The van der Waals surface area contributed by atoms with Crippen molar-refractivity contribution in [3.8, 4) is 22.6 Å². The van der Waals surface area contributed by atoms with Gasteiger partial charge < -0.3 is 4.74 Å². The molecule has 0 aliphatic carbocycles. The van der Waals surface area contributed by atoms with Gasteiger partial charge in [0, 0.05) is 58.7 Å². The predicted octanol–water partition coefficient (Wildman–Crippen LogP) is 8.46. The SMILES string of the molecule is Cc1cccc(C)c1-c1ccc2c(c1)c1ccc(Oc3ccc4c(c3)c3nccn3c3nccnc43)cc1c1nccn21. The summed E-state index contributed by atoms with van der Waals surface area (Å²) in [5.41, 5.74) is 9.48. The van der Waals surface area contributed by atoms with Crippen molar-refractivity contribution in [2.45, 2.75) is 13.8 Å². The highest BCUT2D eigenvalue weighted by Crippen LogP contribution is 2.37. The van der Waals surface area contributed by atoms with E-state index in [9.17, 15) is 0 Å². The van der Waals surface area contributed by atoms with Gasteiger partial charge in [-0.2, -0.15) is 0 Å². The monoisotopic (exact) mass is 556 g/mol. The predicted molar refractivity (Wildman–Crippen MR) is 171 cm³/mol. The van der Waals surface area contributed by atoms with E-state index >= 15 is 0 Å². The van der Waals surface area contributed by atoms with Crippen molar-refractivity contribution in [1.29, 1.82) is 0 Å². The first-order valence-corrected chi connectivity index (χ1v) is 14.2. The summed E-state index contributed by atoms with van der Waals surface area (Å²) in [6.07, 6.45) is 11.0. The molecule has 7 nitrogen and oxygen atoms in total. The Kier molecular flexibility index (Phi) is 4.90. The Morgan fingerprint density at radius 1 is 0.535 bits per heavy atom. The van der Waals surface area contributed by atoms with E-state index in [1.54, 1.807) is 18.6 Å². The number of ether oxygens (including phenoxy) is 1. The molecule has 0 aliphatic heterocycles. The maximum absolute atomic E-state index is 6.48. The first kappa shape index (κ1) is 23.8. The summed E-state index contributed by atoms with van der Waals surface area (Å²) in [5, 5.41) is 5.28. The van der Waals surface area contributed by atoms with Crippen LogP contribution in [0.25, 0.3) is 66.0 Å². The number of imidazole rings is 2. The Hall–Kier alpha value is -5.82. The van der Waals surface area contributed by atoms with Crippen LogP contribution in [-0.2, 0) is 0 Å². The van der Waals surface area contributed by atoms with Gasteiger partial charge in [0.15, 0.2) is 5.65 Å². The molecular weight excluding hydrogens is 532 g/mol. The van der Waals surface area contributed by atoms with Crippen molar-refractivity contribution in [1.82, 2.24) is 28.7 Å². The lowest BCUT2D eigenvalue weighted by molar-refractivity contribution is 0.484. The van der Waals surface area contributed by atoms with E-state index in [4.69, 9.17) is 9.72 Å². The normalized spacial score (nSPS) is 12.0. The third-order valence-electron chi connectivity index (χ3n) is 8.46. The smallest absolute Gasteiger partial charge is 0.165 e. The van der Waals surface area contributed by atoms with Gasteiger partial charge in [-0.05, 0) is 90.0 Å². The van der Waals surface area contributed by atoms with Crippen LogP contribution >= 0.6 is 0 Å². The van der Waals surface area contributed by atoms with Gasteiger partial charge in [-0.15, -0.1) is 0 Å². The molecule has 5 heterocycles. The molecule has 9 rings (SSSR count). The highest BCUT2D eigenvalue weighted by Gasteiger charge is 2.15. The average Bonchev–Trinajstić information content (AvgIpc) is 3.72. The first-order valence-electron chi connectivity index (χ1n) is 14.2. The average molecular weight is 557 g/mol. The Labute approximate surface area is 245 Å². The molecule has 4 aromatic carbocycles. The summed E-state index contributed by atoms with van der Waals surface area (Å²) < 4.78 is 10.6. The molecular formula is C36H24N6O. The van der Waals surface area contributed by atoms with Crippen molar-refractivity contribution < 1.29 is 4.74 Å². The van der Waals surface area contributed by atoms with Crippen LogP contribution in [0.5, 0.6) is 11.5 Å². The molecule has 9 aromatic rings. The van der Waals surface area contributed by atoms with Crippen LogP contribution in [0.4, 0.5) is 0 Å². The third kappa shape index (κ3) is 3.48. The van der Waals surface area contributed by atoms with Crippen LogP contribution in [0.15, 0.2) is 110 Å². The molecule has 0 unspecified atom stereocenters. The number of hydrogen-bond acceptors (Lipinski definition) is 5. The minimum Gasteiger partial charge on any atom is -0.457 e. The van der Waals surface area contributed by atoms with Gasteiger partial charge in [-0.25, -0.2) is 15.0 Å². The van der Waals surface area contributed by atoms with Crippen molar-refractivity contribution in [3.63, 3.8) is 0 Å². The zero-order valence-electron chi connectivity index (χ0n) is 23.5. The third-order valence-corrected chi connectivity index (χ3v) is 8.46. The summed E-state index contributed by atoms with van der Waals surface area (Å²) in [5.74, 6) is 1.46. The van der Waals surface area contributed by atoms with Crippen LogP contribution in [-0.4, -0.2) is 28.7 Å². The van der Waals surface area contributed by atoms with Crippen LogP contribution < -0.4 is 4.74 Å². The molecule has 43 heavy (non-hydrogen) atoms. The summed E-state index contributed by atoms with van der Waals surface area (Å²) >= 11 is 0. The van der Waals surface area contributed by atoms with Crippen LogP contribution in [0.1, 0.15) is 11.1 Å². The second kappa shape index (κ2) is 8.84. The fourth-order valence-electron chi connectivity index (χ4n) is 6.58. The molecule has 0 N–H and O–H groups in total. The lowest BCUT2D eigenvalue weighted by Gasteiger charge is -2.14. The molecule has 7 heteroatoms. The van der Waals surface area contributed by atoms with Gasteiger partial charge in [-0.1, -0.05) is 24.3 Å². The van der Waals surface area contributed by atoms with Gasteiger partial charge >= 0.3 is 0 Å². The highest BCUT2D eigenvalue weighted by molar-refractivity contribution is 6.13. The number of nitrogens with zero attached hydrogens (tertiary/aromatic N) is 6. The van der Waals surface area contributed by atoms with Crippen LogP contribution in [0.2, 0.25) is 0 Å². The number of benzene rings is 4. The quantitative estimate of drug-likeness (QED) is 0.204. The Morgan fingerprint density at radius 3 is 1.98 bits per heavy atom. The van der Waals surface area contributed by atoms with E-state index < -0.39 is 0 Å². The van der Waals surface area contributed by atoms with E-state index in [-0.39, 0.29) is 0 Å². The van der Waals surface area contributed by atoms with Gasteiger partial charge in [0.05, 0.1) is 5.52 Å². The molecule has 0 spiro atoms. The van der Waals surface area contributed by atoms with Gasteiger partial charge in [0.2, 0.25) is 0 Å². The molecule has 204 valence electrons. The lowest BCUT2D eigenvalue weighted by Crippen LogP contribution is -1.95. The van der Waals surface area contributed by atoms with E-state index in [0.29, 0.717) is 0 Å². The van der Waals surface area contributed by atoms with Crippen LogP contribution in [0, 0.1) is 13.8 Å². The highest BCUT2D eigenvalue weighted by atomic mass is 16.5. The fourth-order valence-corrected chi connectivity index (χ4v) is 6.58. The number of hydrogen-bond donors (Lipinski definition) is 0.